The number of rotatable bonds is 3. The van der Waals surface area contributed by atoms with Crippen LogP contribution in [-0.4, -0.2) is 10.9 Å². The lowest BCUT2D eigenvalue weighted by molar-refractivity contribution is 0.0950. The van der Waals surface area contributed by atoms with Crippen LogP contribution in [0.15, 0.2) is 28.9 Å². The first-order valence-corrected chi connectivity index (χ1v) is 6.92. The molecule has 4 nitrogen and oxygen atoms in total. The molecule has 0 unspecified atom stereocenters. The smallest absolute Gasteiger partial charge is 0.252 e. The van der Waals surface area contributed by atoms with Gasteiger partial charge < -0.3 is 11.1 Å². The normalized spacial score (nSPS) is 10.3. The maximum absolute atomic E-state index is 12.0. The van der Waals surface area contributed by atoms with Gasteiger partial charge in [-0.15, -0.1) is 11.3 Å². The van der Waals surface area contributed by atoms with E-state index in [0.717, 1.165) is 9.88 Å². The zero-order valence-corrected chi connectivity index (χ0v) is 12.1. The highest BCUT2D eigenvalue weighted by Crippen LogP contribution is 2.23. The van der Waals surface area contributed by atoms with Gasteiger partial charge in [-0.1, -0.05) is 6.07 Å². The van der Waals surface area contributed by atoms with E-state index in [0.29, 0.717) is 22.3 Å². The molecule has 0 spiro atoms. The minimum absolute atomic E-state index is 0.153. The van der Waals surface area contributed by atoms with Crippen LogP contribution in [0.4, 0.5) is 5.69 Å². The van der Waals surface area contributed by atoms with E-state index in [1.807, 2.05) is 6.92 Å². The van der Waals surface area contributed by atoms with Crippen molar-refractivity contribution in [3.8, 4) is 0 Å². The van der Waals surface area contributed by atoms with Crippen LogP contribution in [-0.2, 0) is 6.54 Å². The molecule has 1 aromatic heterocycles. The van der Waals surface area contributed by atoms with Crippen molar-refractivity contribution in [3.63, 3.8) is 0 Å². The third kappa shape index (κ3) is 2.88. The molecule has 94 valence electrons. The van der Waals surface area contributed by atoms with Gasteiger partial charge in [0.05, 0.1) is 21.6 Å². The van der Waals surface area contributed by atoms with Gasteiger partial charge in [0.25, 0.3) is 5.91 Å². The number of nitrogens with two attached hydrogens (primary N) is 1. The summed E-state index contributed by atoms with van der Waals surface area (Å²) in [5.74, 6) is -0.153. The van der Waals surface area contributed by atoms with E-state index in [2.05, 4.69) is 26.2 Å². The zero-order valence-electron chi connectivity index (χ0n) is 9.74. The molecule has 0 radical (unpaired) electrons. The van der Waals surface area contributed by atoms with Crippen molar-refractivity contribution in [1.29, 1.82) is 0 Å². The maximum atomic E-state index is 12.0. The van der Waals surface area contributed by atoms with Gasteiger partial charge >= 0.3 is 0 Å². The van der Waals surface area contributed by atoms with Crippen molar-refractivity contribution in [2.24, 2.45) is 0 Å². The van der Waals surface area contributed by atoms with Gasteiger partial charge in [-0.25, -0.2) is 4.98 Å². The Labute approximate surface area is 117 Å². The molecule has 0 atom stereocenters. The average Bonchev–Trinajstić information content (AvgIpc) is 2.76. The van der Waals surface area contributed by atoms with E-state index in [4.69, 9.17) is 5.73 Å². The summed E-state index contributed by atoms with van der Waals surface area (Å²) >= 11 is 4.89. The Kier molecular flexibility index (Phi) is 3.98. The molecule has 0 fully saturated rings. The highest BCUT2D eigenvalue weighted by Gasteiger charge is 2.11. The zero-order chi connectivity index (χ0) is 13.1. The van der Waals surface area contributed by atoms with Crippen molar-refractivity contribution in [1.82, 2.24) is 10.3 Å². The number of benzene rings is 1. The molecule has 0 saturated carbocycles. The molecule has 0 saturated heterocycles. The molecule has 3 N–H and O–H groups in total. The van der Waals surface area contributed by atoms with Gasteiger partial charge in [-0.2, -0.15) is 0 Å². The number of nitrogens with one attached hydrogen (secondary N) is 1. The summed E-state index contributed by atoms with van der Waals surface area (Å²) < 4.78 is 0.628. The fourth-order valence-electron chi connectivity index (χ4n) is 1.47. The molecular weight excluding hydrogens is 314 g/mol. The van der Waals surface area contributed by atoms with Crippen LogP contribution in [0, 0.1) is 6.92 Å². The van der Waals surface area contributed by atoms with Crippen LogP contribution >= 0.6 is 27.3 Å². The van der Waals surface area contributed by atoms with Crippen molar-refractivity contribution in [2.45, 2.75) is 13.5 Å². The molecule has 0 bridgehead atoms. The summed E-state index contributed by atoms with van der Waals surface area (Å²) in [5.41, 5.74) is 6.82. The Morgan fingerprint density at radius 1 is 1.56 bits per heavy atom. The minimum Gasteiger partial charge on any atom is -0.398 e. The largest absolute Gasteiger partial charge is 0.398 e. The highest BCUT2D eigenvalue weighted by molar-refractivity contribution is 9.10. The molecule has 1 heterocycles. The van der Waals surface area contributed by atoms with E-state index in [1.165, 1.54) is 0 Å². The SMILES string of the molecule is Cc1ncc(CNC(=O)c2cccc(N)c2Br)s1. The quantitative estimate of drug-likeness (QED) is 0.852. The van der Waals surface area contributed by atoms with Crippen LogP contribution in [0.2, 0.25) is 0 Å². The van der Waals surface area contributed by atoms with E-state index >= 15 is 0 Å². The summed E-state index contributed by atoms with van der Waals surface area (Å²) in [6.07, 6.45) is 1.77. The standard InChI is InChI=1S/C12H12BrN3OS/c1-7-15-5-8(18-7)6-16-12(17)9-3-2-4-10(14)11(9)13/h2-5H,6,14H2,1H3,(H,16,17). The Hall–Kier alpha value is -1.40. The number of nitrogen functional groups attached to an aromatic ring is 1. The topological polar surface area (TPSA) is 68.0 Å². The third-order valence-corrected chi connectivity index (χ3v) is 4.16. The summed E-state index contributed by atoms with van der Waals surface area (Å²) in [6, 6.07) is 5.23. The summed E-state index contributed by atoms with van der Waals surface area (Å²) in [5, 5.41) is 3.83. The Balaban J connectivity index is 2.06. The predicted molar refractivity (Wildman–Crippen MR) is 76.6 cm³/mol. The fraction of sp³-hybridized carbons (Fsp3) is 0.167. The van der Waals surface area contributed by atoms with Crippen molar-refractivity contribution >= 4 is 38.9 Å². The second-order valence-corrected chi connectivity index (χ2v) is 5.85. The number of aryl methyl sites for hydroxylation is 1. The molecule has 2 aromatic rings. The van der Waals surface area contributed by atoms with E-state index in [-0.39, 0.29) is 5.91 Å². The van der Waals surface area contributed by atoms with E-state index in [1.54, 1.807) is 35.7 Å². The van der Waals surface area contributed by atoms with Crippen molar-refractivity contribution < 1.29 is 4.79 Å². The van der Waals surface area contributed by atoms with Gasteiger partial charge in [0.15, 0.2) is 0 Å². The predicted octanol–water partition coefficient (Wildman–Crippen LogP) is 2.73. The molecule has 0 aliphatic carbocycles. The van der Waals surface area contributed by atoms with Gasteiger partial charge in [0.1, 0.15) is 0 Å². The number of aromatic nitrogens is 1. The van der Waals surface area contributed by atoms with Gasteiger partial charge in [0, 0.05) is 16.8 Å². The van der Waals surface area contributed by atoms with Crippen LogP contribution in [0.5, 0.6) is 0 Å². The molecule has 2 rings (SSSR count). The van der Waals surface area contributed by atoms with Gasteiger partial charge in [0.2, 0.25) is 0 Å². The minimum atomic E-state index is -0.153. The number of hydrogen-bond acceptors (Lipinski definition) is 4. The second-order valence-electron chi connectivity index (χ2n) is 3.74. The summed E-state index contributed by atoms with van der Waals surface area (Å²) in [6.45, 7) is 2.41. The number of halogens is 1. The average molecular weight is 326 g/mol. The Morgan fingerprint density at radius 3 is 3.00 bits per heavy atom. The molecule has 1 amide bonds. The second kappa shape index (κ2) is 5.49. The maximum Gasteiger partial charge on any atom is 0.252 e. The van der Waals surface area contributed by atoms with E-state index < -0.39 is 0 Å². The molecule has 0 aliphatic rings. The van der Waals surface area contributed by atoms with Gasteiger partial charge in [-0.3, -0.25) is 4.79 Å². The summed E-state index contributed by atoms with van der Waals surface area (Å²) in [4.78, 5) is 17.2. The van der Waals surface area contributed by atoms with Crippen molar-refractivity contribution in [3.05, 3.63) is 44.3 Å². The first kappa shape index (κ1) is 13.0. The first-order valence-electron chi connectivity index (χ1n) is 5.31. The number of anilines is 1. The van der Waals surface area contributed by atoms with Crippen LogP contribution in [0.25, 0.3) is 0 Å². The number of nitrogens with zero attached hydrogens (tertiary/aromatic N) is 1. The van der Waals surface area contributed by atoms with Crippen molar-refractivity contribution in [2.75, 3.05) is 5.73 Å². The molecule has 6 heteroatoms. The number of hydrogen-bond donors (Lipinski definition) is 2. The van der Waals surface area contributed by atoms with Gasteiger partial charge in [-0.05, 0) is 35.0 Å². The molecule has 0 aliphatic heterocycles. The monoisotopic (exact) mass is 325 g/mol. The number of amides is 1. The molecule has 18 heavy (non-hydrogen) atoms. The highest BCUT2D eigenvalue weighted by atomic mass is 79.9. The first-order chi connectivity index (χ1) is 8.58. The third-order valence-electron chi connectivity index (χ3n) is 2.37. The Morgan fingerprint density at radius 2 is 2.33 bits per heavy atom. The number of carbonyl (C=O) groups is 1. The molecular formula is C12H12BrN3OS. The number of thiazole rings is 1. The lowest BCUT2D eigenvalue weighted by Crippen LogP contribution is -2.22. The van der Waals surface area contributed by atoms with E-state index in [9.17, 15) is 4.79 Å². The van der Waals surface area contributed by atoms with Crippen LogP contribution in [0.3, 0.4) is 0 Å². The lowest BCUT2D eigenvalue weighted by Gasteiger charge is -2.07. The van der Waals surface area contributed by atoms with Crippen LogP contribution < -0.4 is 11.1 Å². The lowest BCUT2D eigenvalue weighted by atomic mass is 10.2. The number of carbonyl (C=O) groups excluding carboxylic acids is 1. The Bertz CT molecular complexity index is 582. The van der Waals surface area contributed by atoms with Crippen LogP contribution in [0.1, 0.15) is 20.2 Å². The fourth-order valence-corrected chi connectivity index (χ4v) is 2.65. The summed E-state index contributed by atoms with van der Waals surface area (Å²) in [7, 11) is 0. The molecule has 1 aromatic carbocycles.